The second-order valence-corrected chi connectivity index (χ2v) is 6.20. The SMILES string of the molecule is Clc1cc(Br)ccc1C=Cc1cccc(Br)c1Cl. The van der Waals surface area contributed by atoms with Crippen LogP contribution in [-0.4, -0.2) is 0 Å². The van der Waals surface area contributed by atoms with Crippen LogP contribution in [0, 0.1) is 0 Å². The number of rotatable bonds is 2. The molecule has 2 aromatic carbocycles. The van der Waals surface area contributed by atoms with Crippen molar-refractivity contribution in [3.05, 3.63) is 66.5 Å². The molecule has 0 nitrogen and oxygen atoms in total. The molecule has 0 atom stereocenters. The van der Waals surface area contributed by atoms with E-state index < -0.39 is 0 Å². The van der Waals surface area contributed by atoms with E-state index in [0.717, 1.165) is 20.1 Å². The summed E-state index contributed by atoms with van der Waals surface area (Å²) in [6.07, 6.45) is 3.89. The largest absolute Gasteiger partial charge is 0.0836 e. The smallest absolute Gasteiger partial charge is 0.0620 e. The van der Waals surface area contributed by atoms with Crippen molar-refractivity contribution in [3.8, 4) is 0 Å². The zero-order valence-corrected chi connectivity index (χ0v) is 13.8. The van der Waals surface area contributed by atoms with E-state index >= 15 is 0 Å². The Morgan fingerprint density at radius 3 is 2.33 bits per heavy atom. The van der Waals surface area contributed by atoms with Crippen LogP contribution in [-0.2, 0) is 0 Å². The normalized spacial score (nSPS) is 11.1. The molecule has 0 amide bonds. The second kappa shape index (κ2) is 6.25. The molecule has 18 heavy (non-hydrogen) atoms. The van der Waals surface area contributed by atoms with Crippen LogP contribution in [0.2, 0.25) is 10.0 Å². The van der Waals surface area contributed by atoms with E-state index in [0.29, 0.717) is 10.0 Å². The first-order valence-electron chi connectivity index (χ1n) is 5.15. The molecule has 0 spiro atoms. The quantitative estimate of drug-likeness (QED) is 0.487. The van der Waals surface area contributed by atoms with Crippen molar-refractivity contribution in [1.82, 2.24) is 0 Å². The van der Waals surface area contributed by atoms with Crippen molar-refractivity contribution >= 4 is 67.2 Å². The third-order valence-corrected chi connectivity index (χ3v) is 4.52. The third-order valence-electron chi connectivity index (χ3n) is 2.39. The van der Waals surface area contributed by atoms with Crippen LogP contribution in [0.25, 0.3) is 12.2 Å². The van der Waals surface area contributed by atoms with Gasteiger partial charge in [0, 0.05) is 14.0 Å². The number of benzene rings is 2. The lowest BCUT2D eigenvalue weighted by Crippen LogP contribution is -1.78. The van der Waals surface area contributed by atoms with Crippen molar-refractivity contribution in [2.24, 2.45) is 0 Å². The molecule has 0 fully saturated rings. The number of hydrogen-bond acceptors (Lipinski definition) is 0. The Balaban J connectivity index is 2.33. The summed E-state index contributed by atoms with van der Waals surface area (Å²) in [6, 6.07) is 11.6. The Hall–Kier alpha value is -0.280. The minimum atomic E-state index is 0.696. The average Bonchev–Trinajstić information content (AvgIpc) is 2.33. The molecule has 0 N–H and O–H groups in total. The van der Waals surface area contributed by atoms with Crippen molar-refractivity contribution in [1.29, 1.82) is 0 Å². The fourth-order valence-corrected chi connectivity index (χ4v) is 2.77. The van der Waals surface area contributed by atoms with Gasteiger partial charge in [0.1, 0.15) is 0 Å². The highest BCUT2D eigenvalue weighted by molar-refractivity contribution is 9.10. The average molecular weight is 407 g/mol. The van der Waals surface area contributed by atoms with Gasteiger partial charge in [-0.2, -0.15) is 0 Å². The molecule has 4 heteroatoms. The lowest BCUT2D eigenvalue weighted by Gasteiger charge is -2.02. The Morgan fingerprint density at radius 1 is 0.889 bits per heavy atom. The van der Waals surface area contributed by atoms with Crippen molar-refractivity contribution in [2.75, 3.05) is 0 Å². The summed E-state index contributed by atoms with van der Waals surface area (Å²) < 4.78 is 1.85. The summed E-state index contributed by atoms with van der Waals surface area (Å²) in [4.78, 5) is 0. The van der Waals surface area contributed by atoms with Gasteiger partial charge in [-0.1, -0.05) is 69.5 Å². The standard InChI is InChI=1S/C14H8Br2Cl2/c15-11-7-6-9(13(17)8-11)4-5-10-2-1-3-12(16)14(10)18/h1-8H. The Morgan fingerprint density at radius 2 is 1.61 bits per heavy atom. The van der Waals surface area contributed by atoms with Gasteiger partial charge in [-0.25, -0.2) is 0 Å². The molecule has 0 aromatic heterocycles. The van der Waals surface area contributed by atoms with Gasteiger partial charge in [-0.3, -0.25) is 0 Å². The molecule has 2 aromatic rings. The summed E-state index contributed by atoms with van der Waals surface area (Å²) in [5.74, 6) is 0. The van der Waals surface area contributed by atoms with E-state index in [1.54, 1.807) is 0 Å². The first-order valence-corrected chi connectivity index (χ1v) is 7.49. The first-order chi connectivity index (χ1) is 8.58. The van der Waals surface area contributed by atoms with Crippen molar-refractivity contribution in [2.45, 2.75) is 0 Å². The molecule has 0 unspecified atom stereocenters. The van der Waals surface area contributed by atoms with Crippen molar-refractivity contribution < 1.29 is 0 Å². The lowest BCUT2D eigenvalue weighted by atomic mass is 10.1. The summed E-state index contributed by atoms with van der Waals surface area (Å²) in [6.45, 7) is 0. The molecular formula is C14H8Br2Cl2. The summed E-state index contributed by atoms with van der Waals surface area (Å²) >= 11 is 19.1. The van der Waals surface area contributed by atoms with Gasteiger partial charge in [0.05, 0.1) is 5.02 Å². The van der Waals surface area contributed by atoms with E-state index in [9.17, 15) is 0 Å². The van der Waals surface area contributed by atoms with E-state index in [1.807, 2.05) is 48.6 Å². The molecule has 0 saturated heterocycles. The van der Waals surface area contributed by atoms with E-state index in [1.165, 1.54) is 0 Å². The van der Waals surface area contributed by atoms with Gasteiger partial charge in [-0.15, -0.1) is 0 Å². The predicted octanol–water partition coefficient (Wildman–Crippen LogP) is 6.69. The molecule has 0 saturated carbocycles. The van der Waals surface area contributed by atoms with Crippen LogP contribution in [0.5, 0.6) is 0 Å². The molecule has 2 rings (SSSR count). The maximum absolute atomic E-state index is 6.19. The molecule has 92 valence electrons. The predicted molar refractivity (Wildman–Crippen MR) is 87.2 cm³/mol. The monoisotopic (exact) mass is 404 g/mol. The number of hydrogen-bond donors (Lipinski definition) is 0. The van der Waals surface area contributed by atoms with Gasteiger partial charge < -0.3 is 0 Å². The summed E-state index contributed by atoms with van der Waals surface area (Å²) in [5, 5.41) is 1.40. The Kier molecular flexibility index (Phi) is 4.91. The van der Waals surface area contributed by atoms with Gasteiger partial charge in [0.15, 0.2) is 0 Å². The molecule has 0 aliphatic carbocycles. The van der Waals surface area contributed by atoms with Crippen LogP contribution in [0.4, 0.5) is 0 Å². The maximum Gasteiger partial charge on any atom is 0.0620 e. The van der Waals surface area contributed by atoms with Crippen molar-refractivity contribution in [3.63, 3.8) is 0 Å². The van der Waals surface area contributed by atoms with E-state index in [2.05, 4.69) is 31.9 Å². The second-order valence-electron chi connectivity index (χ2n) is 3.64. The highest BCUT2D eigenvalue weighted by Gasteiger charge is 2.01. The van der Waals surface area contributed by atoms with E-state index in [-0.39, 0.29) is 0 Å². The summed E-state index contributed by atoms with van der Waals surface area (Å²) in [5.41, 5.74) is 1.90. The zero-order chi connectivity index (χ0) is 13.1. The van der Waals surface area contributed by atoms with Crippen LogP contribution < -0.4 is 0 Å². The van der Waals surface area contributed by atoms with Gasteiger partial charge >= 0.3 is 0 Å². The fraction of sp³-hybridized carbons (Fsp3) is 0. The Labute approximate surface area is 133 Å². The van der Waals surface area contributed by atoms with Crippen LogP contribution in [0.15, 0.2) is 45.3 Å². The highest BCUT2D eigenvalue weighted by atomic mass is 79.9. The molecule has 0 heterocycles. The van der Waals surface area contributed by atoms with Crippen LogP contribution in [0.3, 0.4) is 0 Å². The minimum Gasteiger partial charge on any atom is -0.0836 e. The Bertz CT molecular complexity index is 607. The van der Waals surface area contributed by atoms with E-state index in [4.69, 9.17) is 23.2 Å². The summed E-state index contributed by atoms with van der Waals surface area (Å²) in [7, 11) is 0. The minimum absolute atomic E-state index is 0.696. The highest BCUT2D eigenvalue weighted by Crippen LogP contribution is 2.28. The van der Waals surface area contributed by atoms with Gasteiger partial charge in [-0.05, 0) is 45.3 Å². The molecule has 0 bridgehead atoms. The number of halogens is 4. The maximum atomic E-state index is 6.19. The fourth-order valence-electron chi connectivity index (χ4n) is 1.47. The van der Waals surface area contributed by atoms with Crippen LogP contribution >= 0.6 is 55.1 Å². The molecular weight excluding hydrogens is 399 g/mol. The topological polar surface area (TPSA) is 0 Å². The third kappa shape index (κ3) is 3.39. The van der Waals surface area contributed by atoms with Gasteiger partial charge in [0.25, 0.3) is 0 Å². The first kappa shape index (κ1) is 14.1. The van der Waals surface area contributed by atoms with Crippen LogP contribution in [0.1, 0.15) is 11.1 Å². The zero-order valence-electron chi connectivity index (χ0n) is 9.13. The van der Waals surface area contributed by atoms with Gasteiger partial charge in [0.2, 0.25) is 0 Å². The molecule has 0 radical (unpaired) electrons. The lowest BCUT2D eigenvalue weighted by molar-refractivity contribution is 1.60. The molecule has 0 aliphatic heterocycles. The molecule has 0 aliphatic rings.